The van der Waals surface area contributed by atoms with Gasteiger partial charge >= 0.3 is 0 Å². The van der Waals surface area contributed by atoms with E-state index in [4.69, 9.17) is 0 Å². The first-order valence-electron chi connectivity index (χ1n) is 6.49. The zero-order chi connectivity index (χ0) is 13.9. The molecule has 5 heteroatoms. The number of rotatable bonds is 2. The number of nitrogens with one attached hydrogen (secondary N) is 2. The number of pyridine rings is 1. The van der Waals surface area contributed by atoms with Crippen LogP contribution in [0.3, 0.4) is 0 Å². The highest BCUT2D eigenvalue weighted by Gasteiger charge is 2.26. The van der Waals surface area contributed by atoms with Crippen molar-refractivity contribution in [2.24, 2.45) is 0 Å². The summed E-state index contributed by atoms with van der Waals surface area (Å²) < 4.78 is 13.5. The van der Waals surface area contributed by atoms with Gasteiger partial charge in [0.25, 0.3) is 0 Å². The first-order valence-corrected chi connectivity index (χ1v) is 6.49. The van der Waals surface area contributed by atoms with Crippen LogP contribution in [-0.2, 0) is 4.79 Å². The topological polar surface area (TPSA) is 54.0 Å². The molecule has 1 aliphatic heterocycles. The standard InChI is InChI=1S/C15H14FN3O/c16-12-9-17-7-6-14(12)19-15(20)11-5-8-18-13-4-2-1-3-10(11)13/h1-4,6-7,9,11,18H,5,8H2,(H,17,19,20). The van der Waals surface area contributed by atoms with E-state index < -0.39 is 5.82 Å². The van der Waals surface area contributed by atoms with E-state index in [0.29, 0.717) is 6.42 Å². The lowest BCUT2D eigenvalue weighted by atomic mass is 9.90. The lowest BCUT2D eigenvalue weighted by Crippen LogP contribution is -2.27. The Bertz CT molecular complexity index is 645. The van der Waals surface area contributed by atoms with Crippen LogP contribution in [0.5, 0.6) is 0 Å². The number of carbonyl (C=O) groups excluding carboxylic acids is 1. The summed E-state index contributed by atoms with van der Waals surface area (Å²) >= 11 is 0. The molecule has 1 aliphatic rings. The maximum absolute atomic E-state index is 13.5. The number of halogens is 1. The molecule has 4 nitrogen and oxygen atoms in total. The van der Waals surface area contributed by atoms with Crippen molar-refractivity contribution in [2.75, 3.05) is 17.2 Å². The molecule has 0 spiro atoms. The molecule has 1 amide bonds. The normalized spacial score (nSPS) is 16.9. The molecule has 0 saturated carbocycles. The van der Waals surface area contributed by atoms with Crippen LogP contribution in [0.25, 0.3) is 0 Å². The summed E-state index contributed by atoms with van der Waals surface area (Å²) in [5, 5.41) is 5.90. The summed E-state index contributed by atoms with van der Waals surface area (Å²) in [5.74, 6) is -0.980. The Labute approximate surface area is 116 Å². The minimum absolute atomic E-state index is 0.168. The van der Waals surface area contributed by atoms with Gasteiger partial charge in [0, 0.05) is 18.4 Å². The largest absolute Gasteiger partial charge is 0.385 e. The molecule has 1 atom stereocenters. The second-order valence-electron chi connectivity index (χ2n) is 4.70. The Kier molecular flexibility index (Phi) is 3.33. The number of anilines is 2. The molecule has 0 radical (unpaired) electrons. The molecule has 2 aromatic rings. The third-order valence-electron chi connectivity index (χ3n) is 3.43. The van der Waals surface area contributed by atoms with Gasteiger partial charge < -0.3 is 10.6 Å². The van der Waals surface area contributed by atoms with Crippen LogP contribution in [0.4, 0.5) is 15.8 Å². The molecule has 20 heavy (non-hydrogen) atoms. The predicted molar refractivity (Wildman–Crippen MR) is 75.1 cm³/mol. The Morgan fingerprint density at radius 1 is 1.35 bits per heavy atom. The number of benzene rings is 1. The van der Waals surface area contributed by atoms with Crippen molar-refractivity contribution in [3.63, 3.8) is 0 Å². The van der Waals surface area contributed by atoms with Crippen LogP contribution in [0.1, 0.15) is 17.9 Å². The van der Waals surface area contributed by atoms with Gasteiger partial charge in [0.2, 0.25) is 5.91 Å². The molecular weight excluding hydrogens is 257 g/mol. The van der Waals surface area contributed by atoms with Crippen molar-refractivity contribution >= 4 is 17.3 Å². The van der Waals surface area contributed by atoms with E-state index in [1.54, 1.807) is 0 Å². The highest BCUT2D eigenvalue weighted by Crippen LogP contribution is 2.32. The Balaban J connectivity index is 1.84. The highest BCUT2D eigenvalue weighted by atomic mass is 19.1. The van der Waals surface area contributed by atoms with Gasteiger partial charge in [0.1, 0.15) is 0 Å². The van der Waals surface area contributed by atoms with Crippen molar-refractivity contribution < 1.29 is 9.18 Å². The van der Waals surface area contributed by atoms with Gasteiger partial charge in [-0.05, 0) is 24.1 Å². The summed E-state index contributed by atoms with van der Waals surface area (Å²) in [6.07, 6.45) is 3.23. The number of fused-ring (bicyclic) bond motifs is 1. The summed E-state index contributed by atoms with van der Waals surface area (Å²) in [4.78, 5) is 16.0. The van der Waals surface area contributed by atoms with Crippen LogP contribution in [0.2, 0.25) is 0 Å². The quantitative estimate of drug-likeness (QED) is 0.883. The average molecular weight is 271 g/mol. The minimum atomic E-state index is -0.525. The molecule has 1 unspecified atom stereocenters. The van der Waals surface area contributed by atoms with Crippen molar-refractivity contribution in [1.29, 1.82) is 0 Å². The van der Waals surface area contributed by atoms with Gasteiger partial charge in [-0.3, -0.25) is 9.78 Å². The van der Waals surface area contributed by atoms with Gasteiger partial charge in [-0.15, -0.1) is 0 Å². The molecule has 102 valence electrons. The lowest BCUT2D eigenvalue weighted by molar-refractivity contribution is -0.117. The summed E-state index contributed by atoms with van der Waals surface area (Å²) in [6, 6.07) is 9.16. The summed E-state index contributed by atoms with van der Waals surface area (Å²) in [7, 11) is 0. The van der Waals surface area contributed by atoms with Crippen LogP contribution in [-0.4, -0.2) is 17.4 Å². The predicted octanol–water partition coefficient (Wildman–Crippen LogP) is 2.76. The average Bonchev–Trinajstić information content (AvgIpc) is 2.49. The number of amides is 1. The van der Waals surface area contributed by atoms with Crippen LogP contribution >= 0.6 is 0 Å². The van der Waals surface area contributed by atoms with Crippen LogP contribution in [0.15, 0.2) is 42.7 Å². The fourth-order valence-corrected chi connectivity index (χ4v) is 2.44. The van der Waals surface area contributed by atoms with E-state index in [0.717, 1.165) is 24.0 Å². The first-order chi connectivity index (χ1) is 9.75. The van der Waals surface area contributed by atoms with Gasteiger partial charge in [-0.1, -0.05) is 18.2 Å². The van der Waals surface area contributed by atoms with E-state index in [-0.39, 0.29) is 17.5 Å². The first kappa shape index (κ1) is 12.6. The SMILES string of the molecule is O=C(Nc1ccncc1F)C1CCNc2ccccc21. The lowest BCUT2D eigenvalue weighted by Gasteiger charge is -2.25. The van der Waals surface area contributed by atoms with Crippen molar-refractivity contribution in [2.45, 2.75) is 12.3 Å². The summed E-state index contributed by atoms with van der Waals surface area (Å²) in [5.41, 5.74) is 2.08. The second kappa shape index (κ2) is 5.28. The Morgan fingerprint density at radius 2 is 2.20 bits per heavy atom. The molecule has 2 heterocycles. The molecule has 2 N–H and O–H groups in total. The number of hydrogen-bond acceptors (Lipinski definition) is 3. The van der Waals surface area contributed by atoms with Crippen LogP contribution < -0.4 is 10.6 Å². The van der Waals surface area contributed by atoms with Crippen LogP contribution in [0, 0.1) is 5.82 Å². The van der Waals surface area contributed by atoms with E-state index in [2.05, 4.69) is 15.6 Å². The highest BCUT2D eigenvalue weighted by molar-refractivity contribution is 5.97. The number of aromatic nitrogens is 1. The molecule has 0 aliphatic carbocycles. The number of hydrogen-bond donors (Lipinski definition) is 2. The van der Waals surface area contributed by atoms with Gasteiger partial charge in [0.15, 0.2) is 5.82 Å². The molecule has 0 fully saturated rings. The van der Waals surface area contributed by atoms with E-state index in [1.807, 2.05) is 24.3 Å². The molecule has 1 aromatic carbocycles. The fraction of sp³-hybridized carbons (Fsp3) is 0.200. The number of nitrogens with zero attached hydrogens (tertiary/aromatic N) is 1. The third-order valence-corrected chi connectivity index (χ3v) is 3.43. The van der Waals surface area contributed by atoms with Crippen molar-refractivity contribution in [1.82, 2.24) is 4.98 Å². The zero-order valence-electron chi connectivity index (χ0n) is 10.8. The minimum Gasteiger partial charge on any atom is -0.385 e. The zero-order valence-corrected chi connectivity index (χ0v) is 10.8. The Morgan fingerprint density at radius 3 is 3.05 bits per heavy atom. The maximum atomic E-state index is 13.5. The Hall–Kier alpha value is -2.43. The molecule has 0 bridgehead atoms. The third kappa shape index (κ3) is 2.34. The van der Waals surface area contributed by atoms with Crippen molar-refractivity contribution in [3.8, 4) is 0 Å². The molecular formula is C15H14FN3O. The van der Waals surface area contributed by atoms with E-state index in [1.165, 1.54) is 12.3 Å². The van der Waals surface area contributed by atoms with Gasteiger partial charge in [-0.25, -0.2) is 4.39 Å². The maximum Gasteiger partial charge on any atom is 0.232 e. The number of carbonyl (C=O) groups is 1. The smallest absolute Gasteiger partial charge is 0.232 e. The van der Waals surface area contributed by atoms with Gasteiger partial charge in [0.05, 0.1) is 17.8 Å². The van der Waals surface area contributed by atoms with E-state index in [9.17, 15) is 9.18 Å². The molecule has 1 aromatic heterocycles. The van der Waals surface area contributed by atoms with Crippen molar-refractivity contribution in [3.05, 3.63) is 54.1 Å². The fourth-order valence-electron chi connectivity index (χ4n) is 2.44. The number of para-hydroxylation sites is 1. The second-order valence-corrected chi connectivity index (χ2v) is 4.70. The molecule has 3 rings (SSSR count). The molecule has 0 saturated heterocycles. The summed E-state index contributed by atoms with van der Waals surface area (Å²) in [6.45, 7) is 0.730. The van der Waals surface area contributed by atoms with E-state index >= 15 is 0 Å². The van der Waals surface area contributed by atoms with Gasteiger partial charge in [-0.2, -0.15) is 0 Å². The monoisotopic (exact) mass is 271 g/mol.